The molecule has 0 saturated heterocycles. The predicted molar refractivity (Wildman–Crippen MR) is 69.1 cm³/mol. The van der Waals surface area contributed by atoms with Crippen LogP contribution in [0.15, 0.2) is 41.5 Å². The number of aromatic hydroxyl groups is 3. The van der Waals surface area contributed by atoms with E-state index in [2.05, 4.69) is 10.5 Å². The Bertz CT molecular complexity index is 612. The first-order valence-corrected chi connectivity index (χ1v) is 5.36. The van der Waals surface area contributed by atoms with E-state index >= 15 is 0 Å². The minimum Gasteiger partial charge on any atom is -0.507 e. The second-order valence-corrected chi connectivity index (χ2v) is 3.78. The molecule has 0 atom stereocenters. The van der Waals surface area contributed by atoms with E-state index in [-0.39, 0.29) is 22.9 Å². The molecule has 0 heterocycles. The third kappa shape index (κ3) is 3.12. The summed E-state index contributed by atoms with van der Waals surface area (Å²) in [5, 5.41) is 31.8. The Morgan fingerprint density at radius 1 is 0.947 bits per heavy atom. The average Bonchev–Trinajstić information content (AvgIpc) is 2.38. The highest BCUT2D eigenvalue weighted by atomic mass is 19.1. The summed E-state index contributed by atoms with van der Waals surface area (Å²) >= 11 is 0. The number of hydrazone groups is 1. The van der Waals surface area contributed by atoms with E-state index in [1.54, 1.807) is 0 Å². The molecular formula is C13H11FN2O3. The quantitative estimate of drug-likeness (QED) is 0.296. The maximum Gasteiger partial charge on any atom is 0.161 e. The molecule has 0 aliphatic carbocycles. The van der Waals surface area contributed by atoms with Crippen molar-refractivity contribution in [1.29, 1.82) is 0 Å². The van der Waals surface area contributed by atoms with Gasteiger partial charge in [-0.25, -0.2) is 4.39 Å². The highest BCUT2D eigenvalue weighted by molar-refractivity contribution is 5.85. The van der Waals surface area contributed by atoms with Crippen molar-refractivity contribution >= 4 is 11.9 Å². The smallest absolute Gasteiger partial charge is 0.161 e. The fourth-order valence-corrected chi connectivity index (χ4v) is 1.39. The van der Waals surface area contributed by atoms with Crippen LogP contribution in [0.2, 0.25) is 0 Å². The van der Waals surface area contributed by atoms with Crippen LogP contribution in [0.25, 0.3) is 0 Å². The zero-order chi connectivity index (χ0) is 13.8. The summed E-state index contributed by atoms with van der Waals surface area (Å²) in [6.07, 6.45) is 1.26. The molecule has 6 heteroatoms. The molecule has 2 aromatic carbocycles. The standard InChI is InChI=1S/C13H11FN2O3/c14-9-1-3-10(4-2-9)16-15-7-8-5-12(18)13(19)6-11(8)17/h1-7,16-19H. The number of hydrogen-bond acceptors (Lipinski definition) is 5. The van der Waals surface area contributed by atoms with Crippen LogP contribution in [0.1, 0.15) is 5.56 Å². The summed E-state index contributed by atoms with van der Waals surface area (Å²) in [4.78, 5) is 0. The monoisotopic (exact) mass is 262 g/mol. The second-order valence-electron chi connectivity index (χ2n) is 3.78. The molecule has 2 aromatic rings. The fraction of sp³-hybridized carbons (Fsp3) is 0. The van der Waals surface area contributed by atoms with Gasteiger partial charge in [-0.3, -0.25) is 5.43 Å². The molecule has 0 aliphatic rings. The van der Waals surface area contributed by atoms with Gasteiger partial charge in [-0.1, -0.05) is 0 Å². The molecule has 0 bridgehead atoms. The summed E-state index contributed by atoms with van der Waals surface area (Å²) in [6, 6.07) is 7.74. The van der Waals surface area contributed by atoms with Gasteiger partial charge in [0.05, 0.1) is 11.9 Å². The van der Waals surface area contributed by atoms with Crippen LogP contribution in [-0.4, -0.2) is 21.5 Å². The Hall–Kier alpha value is -2.76. The van der Waals surface area contributed by atoms with Crippen molar-refractivity contribution in [2.75, 3.05) is 5.43 Å². The number of phenolic OH excluding ortho intramolecular Hbond substituents is 3. The van der Waals surface area contributed by atoms with Gasteiger partial charge in [0.15, 0.2) is 11.5 Å². The molecule has 2 rings (SSSR count). The Balaban J connectivity index is 2.11. The number of halogens is 1. The van der Waals surface area contributed by atoms with Gasteiger partial charge < -0.3 is 15.3 Å². The number of benzene rings is 2. The second kappa shape index (κ2) is 5.26. The van der Waals surface area contributed by atoms with E-state index in [1.165, 1.54) is 36.5 Å². The molecule has 0 unspecified atom stereocenters. The van der Waals surface area contributed by atoms with Crippen LogP contribution in [-0.2, 0) is 0 Å². The highest BCUT2D eigenvalue weighted by Crippen LogP contribution is 2.31. The lowest BCUT2D eigenvalue weighted by molar-refractivity contribution is 0.396. The lowest BCUT2D eigenvalue weighted by Crippen LogP contribution is -1.91. The van der Waals surface area contributed by atoms with Gasteiger partial charge in [-0.05, 0) is 30.3 Å². The number of phenols is 3. The van der Waals surface area contributed by atoms with Crippen molar-refractivity contribution in [3.05, 3.63) is 47.8 Å². The van der Waals surface area contributed by atoms with E-state index in [9.17, 15) is 14.6 Å². The molecular weight excluding hydrogens is 251 g/mol. The molecule has 0 amide bonds. The Morgan fingerprint density at radius 2 is 1.58 bits per heavy atom. The zero-order valence-corrected chi connectivity index (χ0v) is 9.71. The lowest BCUT2D eigenvalue weighted by Gasteiger charge is -2.03. The Kier molecular flexibility index (Phi) is 3.51. The summed E-state index contributed by atoms with van der Waals surface area (Å²) in [6.45, 7) is 0. The van der Waals surface area contributed by atoms with Crippen molar-refractivity contribution < 1.29 is 19.7 Å². The SMILES string of the molecule is Oc1cc(O)c(C=NNc2ccc(F)cc2)cc1O. The topological polar surface area (TPSA) is 85.1 Å². The lowest BCUT2D eigenvalue weighted by atomic mass is 10.2. The summed E-state index contributed by atoms with van der Waals surface area (Å²) in [5.41, 5.74) is 3.43. The van der Waals surface area contributed by atoms with Crippen molar-refractivity contribution in [2.45, 2.75) is 0 Å². The molecule has 0 saturated carbocycles. The van der Waals surface area contributed by atoms with Crippen molar-refractivity contribution in [2.24, 2.45) is 5.10 Å². The molecule has 0 aliphatic heterocycles. The van der Waals surface area contributed by atoms with Gasteiger partial charge in [0.25, 0.3) is 0 Å². The maximum absolute atomic E-state index is 12.7. The summed E-state index contributed by atoms with van der Waals surface area (Å²) in [7, 11) is 0. The predicted octanol–water partition coefficient (Wildman–Crippen LogP) is 2.39. The van der Waals surface area contributed by atoms with E-state index in [4.69, 9.17) is 5.11 Å². The van der Waals surface area contributed by atoms with Gasteiger partial charge in [0.2, 0.25) is 0 Å². The molecule has 5 nitrogen and oxygen atoms in total. The number of nitrogens with zero attached hydrogens (tertiary/aromatic N) is 1. The summed E-state index contributed by atoms with van der Waals surface area (Å²) in [5.74, 6) is -1.35. The number of rotatable bonds is 3. The van der Waals surface area contributed by atoms with Crippen LogP contribution >= 0.6 is 0 Å². The third-order valence-corrected chi connectivity index (χ3v) is 2.37. The van der Waals surface area contributed by atoms with E-state index < -0.39 is 5.75 Å². The van der Waals surface area contributed by atoms with E-state index in [1.807, 2.05) is 0 Å². The fourth-order valence-electron chi connectivity index (χ4n) is 1.39. The highest BCUT2D eigenvalue weighted by Gasteiger charge is 2.05. The van der Waals surface area contributed by atoms with E-state index in [0.717, 1.165) is 6.07 Å². The largest absolute Gasteiger partial charge is 0.507 e. The number of hydrogen-bond donors (Lipinski definition) is 4. The van der Waals surface area contributed by atoms with Crippen LogP contribution in [0.4, 0.5) is 10.1 Å². The molecule has 19 heavy (non-hydrogen) atoms. The molecule has 0 aromatic heterocycles. The van der Waals surface area contributed by atoms with Crippen molar-refractivity contribution in [3.8, 4) is 17.2 Å². The van der Waals surface area contributed by atoms with Crippen molar-refractivity contribution in [1.82, 2.24) is 0 Å². The van der Waals surface area contributed by atoms with Gasteiger partial charge in [0.1, 0.15) is 11.6 Å². The van der Waals surface area contributed by atoms with Gasteiger partial charge in [-0.2, -0.15) is 5.10 Å². The van der Waals surface area contributed by atoms with Crippen LogP contribution in [0.5, 0.6) is 17.2 Å². The minimum absolute atomic E-state index is 0.222. The minimum atomic E-state index is -0.416. The third-order valence-electron chi connectivity index (χ3n) is 2.37. The van der Waals surface area contributed by atoms with Gasteiger partial charge in [0, 0.05) is 11.6 Å². The van der Waals surface area contributed by atoms with E-state index in [0.29, 0.717) is 5.69 Å². The molecule has 0 fully saturated rings. The number of anilines is 1. The number of nitrogens with one attached hydrogen (secondary N) is 1. The summed E-state index contributed by atoms with van der Waals surface area (Å²) < 4.78 is 12.7. The normalized spacial score (nSPS) is 10.8. The Labute approximate surface area is 108 Å². The molecule has 0 spiro atoms. The van der Waals surface area contributed by atoms with Crippen LogP contribution in [0.3, 0.4) is 0 Å². The van der Waals surface area contributed by atoms with Gasteiger partial charge in [-0.15, -0.1) is 0 Å². The van der Waals surface area contributed by atoms with Crippen LogP contribution in [0, 0.1) is 5.82 Å². The maximum atomic E-state index is 12.7. The molecule has 98 valence electrons. The van der Waals surface area contributed by atoms with Crippen molar-refractivity contribution in [3.63, 3.8) is 0 Å². The first-order chi connectivity index (χ1) is 9.06. The zero-order valence-electron chi connectivity index (χ0n) is 9.71. The molecule has 0 radical (unpaired) electrons. The molecule has 4 N–H and O–H groups in total. The average molecular weight is 262 g/mol. The van der Waals surface area contributed by atoms with Crippen LogP contribution < -0.4 is 5.43 Å². The first-order valence-electron chi connectivity index (χ1n) is 5.36. The van der Waals surface area contributed by atoms with Gasteiger partial charge >= 0.3 is 0 Å². The Morgan fingerprint density at radius 3 is 2.26 bits per heavy atom. The first kappa shape index (κ1) is 12.7.